The Kier molecular flexibility index (Phi) is 7.48. The van der Waals surface area contributed by atoms with Gasteiger partial charge in [0.25, 0.3) is 0 Å². The van der Waals surface area contributed by atoms with Gasteiger partial charge < -0.3 is 5.32 Å². The summed E-state index contributed by atoms with van der Waals surface area (Å²) in [5, 5.41) is 14.1. The van der Waals surface area contributed by atoms with Crippen molar-refractivity contribution in [3.8, 4) is 11.4 Å². The first kappa shape index (κ1) is 21.9. The fourth-order valence-corrected chi connectivity index (χ4v) is 3.82. The van der Waals surface area contributed by atoms with Crippen molar-refractivity contribution in [2.75, 3.05) is 6.54 Å². The molecule has 1 aromatic heterocycles. The van der Waals surface area contributed by atoms with E-state index in [0.29, 0.717) is 29.1 Å². The minimum Gasteiger partial charge on any atom is -0.338 e. The number of nitrogens with one attached hydrogen (secondary N) is 2. The first-order chi connectivity index (χ1) is 14.5. The van der Waals surface area contributed by atoms with Crippen molar-refractivity contribution < 1.29 is 9.59 Å². The fraction of sp³-hybridized carbons (Fsp3) is 0.238. The molecule has 156 valence electrons. The van der Waals surface area contributed by atoms with Crippen molar-refractivity contribution in [2.45, 2.75) is 30.8 Å². The van der Waals surface area contributed by atoms with Gasteiger partial charge in [0, 0.05) is 12.1 Å². The van der Waals surface area contributed by atoms with E-state index in [9.17, 15) is 9.59 Å². The Morgan fingerprint density at radius 1 is 1.10 bits per heavy atom. The number of thioether (sulfide) groups is 1. The summed E-state index contributed by atoms with van der Waals surface area (Å²) in [6, 6.07) is 16.8. The standard InChI is InChI=1S/C21H22ClN5O2S/c1-3-23-20(29)24-19(28)14(2)30-21-26-25-18(16-11-7-8-12-17(16)22)27(21)13-15-9-5-4-6-10-15/h4-12,14H,3,13H2,1-2H3,(H2,23,24,28,29)/t14-/m1/s1. The number of carbonyl (C=O) groups excluding carboxylic acids is 2. The highest BCUT2D eigenvalue weighted by atomic mass is 35.5. The number of imide groups is 1. The van der Waals surface area contributed by atoms with Crippen molar-refractivity contribution in [1.29, 1.82) is 0 Å². The van der Waals surface area contributed by atoms with E-state index in [1.165, 1.54) is 11.8 Å². The van der Waals surface area contributed by atoms with Gasteiger partial charge in [-0.3, -0.25) is 14.7 Å². The van der Waals surface area contributed by atoms with Crippen LogP contribution in [0, 0.1) is 0 Å². The molecule has 7 nitrogen and oxygen atoms in total. The van der Waals surface area contributed by atoms with Gasteiger partial charge in [-0.25, -0.2) is 4.79 Å². The SMILES string of the molecule is CCNC(=O)NC(=O)[C@@H](C)Sc1nnc(-c2ccccc2Cl)n1Cc1ccccc1. The largest absolute Gasteiger partial charge is 0.338 e. The number of rotatable bonds is 7. The number of hydrogen-bond donors (Lipinski definition) is 2. The fourth-order valence-electron chi connectivity index (χ4n) is 2.76. The third-order valence-electron chi connectivity index (χ3n) is 4.24. The molecule has 0 aliphatic rings. The first-order valence-electron chi connectivity index (χ1n) is 9.47. The van der Waals surface area contributed by atoms with Gasteiger partial charge in [0.1, 0.15) is 0 Å². The van der Waals surface area contributed by atoms with E-state index in [-0.39, 0.29) is 0 Å². The number of amides is 3. The van der Waals surface area contributed by atoms with Gasteiger partial charge in [-0.1, -0.05) is 65.8 Å². The molecular formula is C21H22ClN5O2S. The number of benzene rings is 2. The molecule has 9 heteroatoms. The van der Waals surface area contributed by atoms with Crippen molar-refractivity contribution in [1.82, 2.24) is 25.4 Å². The number of aromatic nitrogens is 3. The molecule has 3 aromatic rings. The lowest BCUT2D eigenvalue weighted by molar-refractivity contribution is -0.119. The van der Waals surface area contributed by atoms with Crippen LogP contribution in [0.1, 0.15) is 19.4 Å². The smallest absolute Gasteiger partial charge is 0.321 e. The molecule has 3 amide bonds. The molecule has 0 saturated carbocycles. The minimum absolute atomic E-state index is 0.403. The average molecular weight is 444 g/mol. The zero-order valence-electron chi connectivity index (χ0n) is 16.6. The zero-order valence-corrected chi connectivity index (χ0v) is 18.2. The van der Waals surface area contributed by atoms with Crippen LogP contribution < -0.4 is 10.6 Å². The molecule has 0 radical (unpaired) electrons. The van der Waals surface area contributed by atoms with Crippen LogP contribution in [0.15, 0.2) is 59.8 Å². The van der Waals surface area contributed by atoms with E-state index in [0.717, 1.165) is 11.1 Å². The van der Waals surface area contributed by atoms with Crippen molar-refractivity contribution in [3.05, 3.63) is 65.2 Å². The number of carbonyl (C=O) groups is 2. The summed E-state index contributed by atoms with van der Waals surface area (Å²) < 4.78 is 1.93. The van der Waals surface area contributed by atoms with Crippen LogP contribution in [0.25, 0.3) is 11.4 Å². The Labute approximate surface area is 184 Å². The summed E-state index contributed by atoms with van der Waals surface area (Å²) in [7, 11) is 0. The second kappa shape index (κ2) is 10.3. The Balaban J connectivity index is 1.89. The molecule has 0 spiro atoms. The van der Waals surface area contributed by atoms with Gasteiger partial charge in [0.15, 0.2) is 11.0 Å². The van der Waals surface area contributed by atoms with Crippen LogP contribution in [-0.2, 0) is 11.3 Å². The van der Waals surface area contributed by atoms with Gasteiger partial charge in [-0.15, -0.1) is 10.2 Å². The quantitative estimate of drug-likeness (QED) is 0.539. The van der Waals surface area contributed by atoms with Gasteiger partial charge in [-0.2, -0.15) is 0 Å². The molecule has 0 aliphatic heterocycles. The lowest BCUT2D eigenvalue weighted by Gasteiger charge is -2.14. The van der Waals surface area contributed by atoms with Crippen LogP contribution in [0.4, 0.5) is 4.79 Å². The highest BCUT2D eigenvalue weighted by Gasteiger charge is 2.23. The predicted octanol–water partition coefficient (Wildman–Crippen LogP) is 3.97. The first-order valence-corrected chi connectivity index (χ1v) is 10.7. The molecular weight excluding hydrogens is 422 g/mol. The minimum atomic E-state index is -0.551. The summed E-state index contributed by atoms with van der Waals surface area (Å²) >= 11 is 7.62. The second-order valence-corrected chi connectivity index (χ2v) is 8.18. The molecule has 1 atom stereocenters. The molecule has 3 rings (SSSR count). The monoisotopic (exact) mass is 443 g/mol. The van der Waals surface area contributed by atoms with E-state index < -0.39 is 17.2 Å². The maximum absolute atomic E-state index is 12.4. The van der Waals surface area contributed by atoms with E-state index >= 15 is 0 Å². The van der Waals surface area contributed by atoms with E-state index in [2.05, 4.69) is 20.8 Å². The van der Waals surface area contributed by atoms with Crippen LogP contribution >= 0.6 is 23.4 Å². The number of urea groups is 1. The summed E-state index contributed by atoms with van der Waals surface area (Å²) in [6.07, 6.45) is 0. The third-order valence-corrected chi connectivity index (χ3v) is 5.65. The molecule has 0 aliphatic carbocycles. The summed E-state index contributed by atoms with van der Waals surface area (Å²) in [6.45, 7) is 4.45. The zero-order chi connectivity index (χ0) is 21.5. The Bertz CT molecular complexity index is 1030. The van der Waals surface area contributed by atoms with Crippen molar-refractivity contribution in [2.24, 2.45) is 0 Å². The molecule has 30 heavy (non-hydrogen) atoms. The van der Waals surface area contributed by atoms with Crippen molar-refractivity contribution >= 4 is 35.3 Å². The normalized spacial score (nSPS) is 11.7. The maximum Gasteiger partial charge on any atom is 0.321 e. The molecule has 0 fully saturated rings. The average Bonchev–Trinajstić information content (AvgIpc) is 3.11. The van der Waals surface area contributed by atoms with E-state index in [4.69, 9.17) is 11.6 Å². The van der Waals surface area contributed by atoms with Crippen LogP contribution in [0.3, 0.4) is 0 Å². The van der Waals surface area contributed by atoms with E-state index in [1.54, 1.807) is 19.9 Å². The molecule has 0 unspecified atom stereocenters. The number of hydrogen-bond acceptors (Lipinski definition) is 5. The Morgan fingerprint density at radius 2 is 1.80 bits per heavy atom. The van der Waals surface area contributed by atoms with Crippen molar-refractivity contribution in [3.63, 3.8) is 0 Å². The molecule has 2 N–H and O–H groups in total. The summed E-state index contributed by atoms with van der Waals surface area (Å²) in [5.41, 5.74) is 1.82. The summed E-state index contributed by atoms with van der Waals surface area (Å²) in [5.74, 6) is 0.211. The van der Waals surface area contributed by atoms with Crippen LogP contribution in [-0.4, -0.2) is 38.5 Å². The number of halogens is 1. The Morgan fingerprint density at radius 3 is 2.50 bits per heavy atom. The highest BCUT2D eigenvalue weighted by molar-refractivity contribution is 8.00. The highest BCUT2D eigenvalue weighted by Crippen LogP contribution is 2.31. The summed E-state index contributed by atoms with van der Waals surface area (Å²) in [4.78, 5) is 24.0. The second-order valence-electron chi connectivity index (χ2n) is 6.47. The van der Waals surface area contributed by atoms with Crippen LogP contribution in [0.2, 0.25) is 5.02 Å². The Hall–Kier alpha value is -2.84. The molecule has 0 bridgehead atoms. The topological polar surface area (TPSA) is 88.9 Å². The molecule has 1 heterocycles. The lowest BCUT2D eigenvalue weighted by Crippen LogP contribution is -2.42. The number of nitrogens with zero attached hydrogens (tertiary/aromatic N) is 3. The van der Waals surface area contributed by atoms with Gasteiger partial charge in [-0.05, 0) is 31.5 Å². The van der Waals surface area contributed by atoms with Gasteiger partial charge >= 0.3 is 6.03 Å². The van der Waals surface area contributed by atoms with Crippen LogP contribution in [0.5, 0.6) is 0 Å². The third kappa shape index (κ3) is 5.40. The predicted molar refractivity (Wildman–Crippen MR) is 119 cm³/mol. The van der Waals surface area contributed by atoms with E-state index in [1.807, 2.05) is 53.1 Å². The lowest BCUT2D eigenvalue weighted by atomic mass is 10.2. The van der Waals surface area contributed by atoms with Gasteiger partial charge in [0.05, 0.1) is 16.8 Å². The van der Waals surface area contributed by atoms with Gasteiger partial charge in [0.2, 0.25) is 5.91 Å². The molecule has 0 saturated heterocycles. The maximum atomic E-state index is 12.4. The molecule has 2 aromatic carbocycles.